The van der Waals surface area contributed by atoms with Crippen molar-refractivity contribution in [3.63, 3.8) is 0 Å². The van der Waals surface area contributed by atoms with E-state index in [0.717, 1.165) is 0 Å². The molecule has 1 heterocycles. The van der Waals surface area contributed by atoms with Crippen LogP contribution in [0.25, 0.3) is 0 Å². The maximum absolute atomic E-state index is 12.3. The van der Waals surface area contributed by atoms with Gasteiger partial charge in [0.25, 0.3) is 5.91 Å². The second-order valence-electron chi connectivity index (χ2n) is 5.50. The quantitative estimate of drug-likeness (QED) is 0.781. The van der Waals surface area contributed by atoms with Gasteiger partial charge in [0, 0.05) is 31.7 Å². The molecule has 1 unspecified atom stereocenters. The zero-order valence-electron chi connectivity index (χ0n) is 11.5. The first-order valence-corrected chi connectivity index (χ1v) is 7.75. The fraction of sp³-hybridized carbons (Fsp3) is 0.467. The highest BCUT2D eigenvalue weighted by atomic mass is 35.5. The number of hydrogen-bond donors (Lipinski definition) is 0. The monoisotopic (exact) mass is 326 g/mol. The van der Waals surface area contributed by atoms with Crippen molar-refractivity contribution in [1.82, 2.24) is 9.80 Å². The topological polar surface area (TPSA) is 40.6 Å². The molecule has 2 aliphatic rings. The number of carbonyl (C=O) groups is 2. The molecule has 2 fully saturated rings. The van der Waals surface area contributed by atoms with Crippen molar-refractivity contribution in [2.24, 2.45) is 5.92 Å². The van der Waals surface area contributed by atoms with Crippen molar-refractivity contribution in [3.8, 4) is 0 Å². The van der Waals surface area contributed by atoms with E-state index in [0.29, 0.717) is 38.2 Å². The van der Waals surface area contributed by atoms with E-state index in [1.165, 1.54) is 0 Å². The lowest BCUT2D eigenvalue weighted by atomic mass is 10.2. The minimum atomic E-state index is -0.881. The summed E-state index contributed by atoms with van der Waals surface area (Å²) in [6.45, 7) is 2.17. The molecule has 1 saturated carbocycles. The number of rotatable bonds is 2. The highest BCUT2D eigenvalue weighted by molar-refractivity contribution is 6.52. The molecular weight excluding hydrogens is 311 g/mol. The standard InChI is InChI=1S/C15H16Cl2N2O2/c16-15(17)10-12(15)14(21)19-8-6-18(7-9-19)13(20)11-4-2-1-3-5-11/h1-5,12H,6-10H2. The Morgan fingerprint density at radius 2 is 1.52 bits per heavy atom. The van der Waals surface area contributed by atoms with Crippen molar-refractivity contribution in [1.29, 1.82) is 0 Å². The first kappa shape index (κ1) is 14.7. The summed E-state index contributed by atoms with van der Waals surface area (Å²) in [5, 5.41) is 0. The zero-order chi connectivity index (χ0) is 15.0. The minimum absolute atomic E-state index is 0.00631. The molecule has 1 aromatic carbocycles. The fourth-order valence-electron chi connectivity index (χ4n) is 2.59. The van der Waals surface area contributed by atoms with Gasteiger partial charge in [0.1, 0.15) is 4.33 Å². The zero-order valence-corrected chi connectivity index (χ0v) is 13.0. The van der Waals surface area contributed by atoms with Crippen molar-refractivity contribution in [2.45, 2.75) is 10.8 Å². The molecule has 0 spiro atoms. The lowest BCUT2D eigenvalue weighted by Crippen LogP contribution is -2.51. The van der Waals surface area contributed by atoms with Crippen LogP contribution in [0.4, 0.5) is 0 Å². The molecule has 1 aliphatic heterocycles. The summed E-state index contributed by atoms with van der Waals surface area (Å²) in [4.78, 5) is 28.0. The van der Waals surface area contributed by atoms with Crippen LogP contribution in [0.3, 0.4) is 0 Å². The number of carbonyl (C=O) groups excluding carboxylic acids is 2. The molecule has 4 nitrogen and oxygen atoms in total. The van der Waals surface area contributed by atoms with Crippen LogP contribution < -0.4 is 0 Å². The van der Waals surface area contributed by atoms with E-state index in [-0.39, 0.29) is 17.7 Å². The minimum Gasteiger partial charge on any atom is -0.339 e. The molecule has 0 N–H and O–H groups in total. The second kappa shape index (κ2) is 5.50. The van der Waals surface area contributed by atoms with Crippen LogP contribution in [-0.4, -0.2) is 52.1 Å². The number of piperazine rings is 1. The third kappa shape index (κ3) is 3.01. The van der Waals surface area contributed by atoms with E-state index in [4.69, 9.17) is 23.2 Å². The summed E-state index contributed by atoms with van der Waals surface area (Å²) in [6.07, 6.45) is 0.526. The highest BCUT2D eigenvalue weighted by Gasteiger charge is 2.57. The third-order valence-electron chi connectivity index (χ3n) is 4.02. The molecule has 0 aromatic heterocycles. The lowest BCUT2D eigenvalue weighted by molar-refractivity contribution is -0.134. The van der Waals surface area contributed by atoms with Gasteiger partial charge in [-0.1, -0.05) is 18.2 Å². The Kier molecular flexibility index (Phi) is 3.84. The van der Waals surface area contributed by atoms with Gasteiger partial charge in [-0.25, -0.2) is 0 Å². The predicted molar refractivity (Wildman–Crippen MR) is 81.5 cm³/mol. The molecule has 21 heavy (non-hydrogen) atoms. The normalized spacial score (nSPS) is 23.8. The summed E-state index contributed by atoms with van der Waals surface area (Å²) in [6, 6.07) is 9.19. The van der Waals surface area contributed by atoms with Gasteiger partial charge in [-0.3, -0.25) is 9.59 Å². The smallest absolute Gasteiger partial charge is 0.253 e. The highest BCUT2D eigenvalue weighted by Crippen LogP contribution is 2.53. The molecular formula is C15H16Cl2N2O2. The van der Waals surface area contributed by atoms with Crippen molar-refractivity contribution in [3.05, 3.63) is 35.9 Å². The largest absolute Gasteiger partial charge is 0.339 e. The molecule has 0 radical (unpaired) electrons. The molecule has 0 bridgehead atoms. The average Bonchev–Trinajstić information content (AvgIpc) is 3.15. The molecule has 2 amide bonds. The Hall–Kier alpha value is -1.26. The molecule has 1 aliphatic carbocycles. The first-order valence-electron chi connectivity index (χ1n) is 7.00. The van der Waals surface area contributed by atoms with Crippen LogP contribution in [0.1, 0.15) is 16.8 Å². The van der Waals surface area contributed by atoms with Crippen LogP contribution in [0.5, 0.6) is 0 Å². The third-order valence-corrected chi connectivity index (χ3v) is 4.86. The van der Waals surface area contributed by atoms with E-state index < -0.39 is 4.33 Å². The summed E-state index contributed by atoms with van der Waals surface area (Å²) in [7, 11) is 0. The van der Waals surface area contributed by atoms with E-state index in [2.05, 4.69) is 0 Å². The molecule has 3 rings (SSSR count). The van der Waals surface area contributed by atoms with Crippen LogP contribution >= 0.6 is 23.2 Å². The van der Waals surface area contributed by atoms with E-state index in [1.54, 1.807) is 21.9 Å². The summed E-state index contributed by atoms with van der Waals surface area (Å²) in [5.74, 6) is -0.262. The summed E-state index contributed by atoms with van der Waals surface area (Å²) in [5.41, 5.74) is 0.681. The molecule has 1 aromatic rings. The summed E-state index contributed by atoms with van der Waals surface area (Å²) >= 11 is 11.9. The summed E-state index contributed by atoms with van der Waals surface area (Å²) < 4.78 is -0.881. The Morgan fingerprint density at radius 3 is 2.05 bits per heavy atom. The molecule has 6 heteroatoms. The van der Waals surface area contributed by atoms with Crippen LogP contribution in [-0.2, 0) is 4.79 Å². The van der Waals surface area contributed by atoms with Gasteiger partial charge in [-0.05, 0) is 18.6 Å². The number of nitrogens with zero attached hydrogens (tertiary/aromatic N) is 2. The Morgan fingerprint density at radius 1 is 1.00 bits per heavy atom. The van der Waals surface area contributed by atoms with Gasteiger partial charge in [-0.2, -0.15) is 0 Å². The number of alkyl halides is 2. The lowest BCUT2D eigenvalue weighted by Gasteiger charge is -2.35. The number of amides is 2. The average molecular weight is 327 g/mol. The van der Waals surface area contributed by atoms with Crippen molar-refractivity contribution >= 4 is 35.0 Å². The van der Waals surface area contributed by atoms with Gasteiger partial charge < -0.3 is 9.80 Å². The van der Waals surface area contributed by atoms with Gasteiger partial charge >= 0.3 is 0 Å². The SMILES string of the molecule is O=C(c1ccccc1)N1CCN(C(=O)C2CC2(Cl)Cl)CC1. The first-order chi connectivity index (χ1) is 9.99. The van der Waals surface area contributed by atoms with Gasteiger partial charge in [0.15, 0.2) is 0 Å². The molecule has 1 atom stereocenters. The fourth-order valence-corrected chi connectivity index (χ4v) is 3.09. The number of hydrogen-bond acceptors (Lipinski definition) is 2. The maximum Gasteiger partial charge on any atom is 0.253 e. The number of halogens is 2. The number of benzene rings is 1. The van der Waals surface area contributed by atoms with Gasteiger partial charge in [0.2, 0.25) is 5.91 Å². The van der Waals surface area contributed by atoms with Crippen LogP contribution in [0, 0.1) is 5.92 Å². The van der Waals surface area contributed by atoms with Gasteiger partial charge in [0.05, 0.1) is 5.92 Å². The van der Waals surface area contributed by atoms with Crippen LogP contribution in [0.2, 0.25) is 0 Å². The predicted octanol–water partition coefficient (Wildman–Crippen LogP) is 2.16. The second-order valence-corrected chi connectivity index (χ2v) is 7.04. The Balaban J connectivity index is 1.56. The van der Waals surface area contributed by atoms with Crippen molar-refractivity contribution < 1.29 is 9.59 Å². The Labute approximate surface area is 133 Å². The van der Waals surface area contributed by atoms with Crippen molar-refractivity contribution in [2.75, 3.05) is 26.2 Å². The van der Waals surface area contributed by atoms with E-state index in [9.17, 15) is 9.59 Å². The van der Waals surface area contributed by atoms with Crippen LogP contribution in [0.15, 0.2) is 30.3 Å². The Bertz CT molecular complexity index is 554. The maximum atomic E-state index is 12.3. The molecule has 112 valence electrons. The van der Waals surface area contributed by atoms with Gasteiger partial charge in [-0.15, -0.1) is 23.2 Å². The molecule has 1 saturated heterocycles. The van der Waals surface area contributed by atoms with E-state index in [1.807, 2.05) is 18.2 Å². The van der Waals surface area contributed by atoms with E-state index >= 15 is 0 Å².